The number of rotatable bonds is 5. The first-order valence-electron chi connectivity index (χ1n) is 11.2. The van der Waals surface area contributed by atoms with Crippen LogP contribution in [0.1, 0.15) is 22.6 Å². The lowest BCUT2D eigenvalue weighted by Gasteiger charge is -2.29. The van der Waals surface area contributed by atoms with E-state index in [9.17, 15) is 5.26 Å². The molecule has 0 amide bonds. The van der Waals surface area contributed by atoms with Crippen LogP contribution in [-0.2, 0) is 6.61 Å². The van der Waals surface area contributed by atoms with Gasteiger partial charge in [-0.3, -0.25) is 10.5 Å². The van der Waals surface area contributed by atoms with Gasteiger partial charge in [0.05, 0.1) is 17.3 Å². The number of ether oxygens (including phenoxy) is 4. The summed E-state index contributed by atoms with van der Waals surface area (Å²) in [5.74, 6) is 0.576. The highest BCUT2D eigenvalue weighted by molar-refractivity contribution is 6.30. The summed E-state index contributed by atoms with van der Waals surface area (Å²) in [6.45, 7) is 0.483. The number of para-hydroxylation sites is 1. The van der Waals surface area contributed by atoms with Gasteiger partial charge in [-0.25, -0.2) is 0 Å². The number of nitrogens with zero attached hydrogens (tertiary/aromatic N) is 2. The van der Waals surface area contributed by atoms with Crippen LogP contribution in [0.2, 0.25) is 5.02 Å². The summed E-state index contributed by atoms with van der Waals surface area (Å²) in [4.78, 5) is 0. The van der Waals surface area contributed by atoms with Crippen molar-refractivity contribution in [1.82, 2.24) is 10.2 Å². The molecular weight excluding hydrogens is 480 g/mol. The van der Waals surface area contributed by atoms with E-state index in [-0.39, 0.29) is 18.6 Å². The van der Waals surface area contributed by atoms with Gasteiger partial charge in [-0.05, 0) is 42.0 Å². The van der Waals surface area contributed by atoms with Crippen molar-refractivity contribution in [3.63, 3.8) is 0 Å². The van der Waals surface area contributed by atoms with Crippen molar-refractivity contribution in [3.05, 3.63) is 88.4 Å². The summed E-state index contributed by atoms with van der Waals surface area (Å²) >= 11 is 6.01. The molecule has 36 heavy (non-hydrogen) atoms. The fourth-order valence-corrected chi connectivity index (χ4v) is 4.66. The SMILES string of the molecule is N#CC1C(=N)Oc2n[nH]c(-c3ccc4c(c3)OCO4)c2C1c1ccccc1OCc1ccc(Cl)cc1. The van der Waals surface area contributed by atoms with Crippen LogP contribution in [0.15, 0.2) is 66.7 Å². The maximum Gasteiger partial charge on any atom is 0.244 e. The normalized spacial score (nSPS) is 17.7. The minimum absolute atomic E-state index is 0.161. The number of nitriles is 1. The van der Waals surface area contributed by atoms with Gasteiger partial charge in [0.15, 0.2) is 11.5 Å². The molecule has 2 unspecified atom stereocenters. The lowest BCUT2D eigenvalue weighted by atomic mass is 9.78. The molecule has 0 fully saturated rings. The topological polar surface area (TPSA) is 113 Å². The van der Waals surface area contributed by atoms with Crippen molar-refractivity contribution in [2.24, 2.45) is 5.92 Å². The number of halogens is 1. The molecule has 1 aromatic heterocycles. The Hall–Kier alpha value is -4.48. The molecule has 0 radical (unpaired) electrons. The molecule has 0 spiro atoms. The van der Waals surface area contributed by atoms with Crippen LogP contribution in [0.3, 0.4) is 0 Å². The van der Waals surface area contributed by atoms with E-state index in [4.69, 9.17) is 36.0 Å². The summed E-state index contributed by atoms with van der Waals surface area (Å²) in [7, 11) is 0. The first kappa shape index (κ1) is 22.0. The number of nitrogens with one attached hydrogen (secondary N) is 2. The van der Waals surface area contributed by atoms with Crippen molar-refractivity contribution < 1.29 is 18.9 Å². The van der Waals surface area contributed by atoms with E-state index in [0.717, 1.165) is 16.7 Å². The molecule has 2 aliphatic heterocycles. The second-order valence-corrected chi connectivity index (χ2v) is 8.83. The Bertz CT molecular complexity index is 1510. The Morgan fingerprint density at radius 1 is 1.08 bits per heavy atom. The third kappa shape index (κ3) is 3.80. The van der Waals surface area contributed by atoms with Crippen molar-refractivity contribution in [3.8, 4) is 40.5 Å². The molecule has 2 atom stereocenters. The Morgan fingerprint density at radius 2 is 1.89 bits per heavy atom. The minimum atomic E-state index is -0.872. The van der Waals surface area contributed by atoms with Crippen molar-refractivity contribution in [1.29, 1.82) is 10.7 Å². The summed E-state index contributed by atoms with van der Waals surface area (Å²) in [6, 6.07) is 22.8. The fraction of sp³-hybridized carbons (Fsp3) is 0.148. The highest BCUT2D eigenvalue weighted by atomic mass is 35.5. The summed E-state index contributed by atoms with van der Waals surface area (Å²) in [5.41, 5.74) is 3.87. The van der Waals surface area contributed by atoms with Gasteiger partial charge in [-0.15, -0.1) is 5.10 Å². The molecule has 0 aliphatic carbocycles. The van der Waals surface area contributed by atoms with Crippen LogP contribution < -0.4 is 18.9 Å². The van der Waals surface area contributed by atoms with Gasteiger partial charge < -0.3 is 18.9 Å². The largest absolute Gasteiger partial charge is 0.489 e. The minimum Gasteiger partial charge on any atom is -0.489 e. The van der Waals surface area contributed by atoms with E-state index < -0.39 is 11.8 Å². The zero-order valence-corrected chi connectivity index (χ0v) is 19.6. The molecule has 2 N–H and O–H groups in total. The predicted molar refractivity (Wildman–Crippen MR) is 132 cm³/mol. The second kappa shape index (κ2) is 8.95. The molecule has 8 nitrogen and oxygen atoms in total. The summed E-state index contributed by atoms with van der Waals surface area (Å²) < 4.78 is 22.9. The standard InChI is InChI=1S/C27H19ClN4O4/c28-17-8-5-15(6-9-17)13-33-20-4-2-1-3-18(20)23-19(12-29)26(30)36-27-24(23)25(31-32-27)16-7-10-21-22(11-16)35-14-34-21/h1-11,19,23,30H,13-14H2,(H,31,32). The lowest BCUT2D eigenvalue weighted by molar-refractivity contribution is 0.174. The summed E-state index contributed by atoms with van der Waals surface area (Å²) in [5, 5.41) is 26.5. The van der Waals surface area contributed by atoms with Gasteiger partial charge in [-0.2, -0.15) is 5.26 Å². The first-order valence-corrected chi connectivity index (χ1v) is 11.6. The van der Waals surface area contributed by atoms with Crippen LogP contribution in [0.4, 0.5) is 0 Å². The predicted octanol–water partition coefficient (Wildman–Crippen LogP) is 5.68. The fourth-order valence-electron chi connectivity index (χ4n) is 4.54. The molecule has 3 aromatic carbocycles. The zero-order chi connectivity index (χ0) is 24.6. The maximum absolute atomic E-state index is 10.1. The van der Waals surface area contributed by atoms with E-state index in [1.54, 1.807) is 0 Å². The third-order valence-electron chi connectivity index (χ3n) is 6.26. The first-order chi connectivity index (χ1) is 17.6. The van der Waals surface area contributed by atoms with Gasteiger partial charge in [0.2, 0.25) is 18.6 Å². The Kier molecular flexibility index (Phi) is 5.47. The van der Waals surface area contributed by atoms with Crippen molar-refractivity contribution >= 4 is 17.5 Å². The van der Waals surface area contributed by atoms with Crippen molar-refractivity contribution in [2.45, 2.75) is 12.5 Å². The third-order valence-corrected chi connectivity index (χ3v) is 6.52. The number of fused-ring (bicyclic) bond motifs is 2. The number of benzene rings is 3. The molecule has 4 aromatic rings. The van der Waals surface area contributed by atoms with Gasteiger partial charge in [0.25, 0.3) is 0 Å². The smallest absolute Gasteiger partial charge is 0.244 e. The van der Waals surface area contributed by atoms with Gasteiger partial charge in [-0.1, -0.05) is 41.9 Å². The van der Waals surface area contributed by atoms with E-state index in [0.29, 0.717) is 40.1 Å². The molecule has 6 rings (SSSR count). The van der Waals surface area contributed by atoms with E-state index in [1.807, 2.05) is 66.7 Å². The Morgan fingerprint density at radius 3 is 2.72 bits per heavy atom. The highest BCUT2D eigenvalue weighted by Gasteiger charge is 2.42. The molecular formula is C27H19ClN4O4. The van der Waals surface area contributed by atoms with Crippen LogP contribution >= 0.6 is 11.6 Å². The molecule has 0 bridgehead atoms. The van der Waals surface area contributed by atoms with Crippen LogP contribution in [0, 0.1) is 22.7 Å². The van der Waals surface area contributed by atoms with Gasteiger partial charge in [0, 0.05) is 22.1 Å². The van der Waals surface area contributed by atoms with E-state index >= 15 is 0 Å². The van der Waals surface area contributed by atoms with E-state index in [2.05, 4.69) is 16.3 Å². The van der Waals surface area contributed by atoms with Crippen molar-refractivity contribution in [2.75, 3.05) is 6.79 Å². The monoisotopic (exact) mass is 498 g/mol. The maximum atomic E-state index is 10.1. The molecule has 178 valence electrons. The molecule has 2 aliphatic rings. The zero-order valence-electron chi connectivity index (χ0n) is 18.8. The van der Waals surface area contributed by atoms with Crippen LogP contribution in [-0.4, -0.2) is 22.9 Å². The second-order valence-electron chi connectivity index (χ2n) is 8.39. The highest BCUT2D eigenvalue weighted by Crippen LogP contribution is 2.49. The van der Waals surface area contributed by atoms with Gasteiger partial charge in [0.1, 0.15) is 18.3 Å². The average Bonchev–Trinajstić information content (AvgIpc) is 3.54. The number of aromatic nitrogens is 2. The number of H-pyrrole nitrogens is 1. The number of aromatic amines is 1. The molecule has 9 heteroatoms. The lowest BCUT2D eigenvalue weighted by Crippen LogP contribution is -2.31. The van der Waals surface area contributed by atoms with Crippen LogP contribution in [0.25, 0.3) is 11.3 Å². The molecule has 0 saturated carbocycles. The Balaban J connectivity index is 1.43. The Labute approximate surface area is 211 Å². The number of hydrogen-bond acceptors (Lipinski definition) is 7. The molecule has 3 heterocycles. The quantitative estimate of drug-likeness (QED) is 0.366. The molecule has 0 saturated heterocycles. The van der Waals surface area contributed by atoms with Crippen LogP contribution in [0.5, 0.6) is 23.1 Å². The number of hydrogen-bond donors (Lipinski definition) is 2. The average molecular weight is 499 g/mol. The summed E-state index contributed by atoms with van der Waals surface area (Å²) in [6.07, 6.45) is 0. The van der Waals surface area contributed by atoms with E-state index in [1.165, 1.54) is 0 Å². The van der Waals surface area contributed by atoms with Gasteiger partial charge >= 0.3 is 0 Å².